The van der Waals surface area contributed by atoms with E-state index in [1.165, 1.54) is 77.0 Å². The first-order valence-corrected chi connectivity index (χ1v) is 8.04. The van der Waals surface area contributed by atoms with Crippen molar-refractivity contribution in [3.05, 3.63) is 0 Å². The number of hydrogen-bond acceptors (Lipinski definition) is 1. The molecule has 2 saturated carbocycles. The molecule has 1 nitrogen and oxygen atoms in total. The quantitative estimate of drug-likeness (QED) is 0.641. The molecule has 0 radical (unpaired) electrons. The predicted octanol–water partition coefficient (Wildman–Crippen LogP) is 4.82. The van der Waals surface area contributed by atoms with Crippen LogP contribution < -0.4 is 0 Å². The van der Waals surface area contributed by atoms with Gasteiger partial charge in [-0.2, -0.15) is 0 Å². The fourth-order valence-corrected chi connectivity index (χ4v) is 3.92. The Morgan fingerprint density at radius 2 is 1.00 bits per heavy atom. The Bertz CT molecular complexity index is 214. The summed E-state index contributed by atoms with van der Waals surface area (Å²) in [4.78, 5) is 0. The van der Waals surface area contributed by atoms with Crippen molar-refractivity contribution in [3.8, 4) is 0 Å². The third kappa shape index (κ3) is 3.98. The van der Waals surface area contributed by atoms with Gasteiger partial charge in [0.15, 0.2) is 0 Å². The molecule has 1 N–H and O–H groups in total. The molecule has 0 aromatic carbocycles. The van der Waals surface area contributed by atoms with Crippen LogP contribution in [0.2, 0.25) is 0 Å². The van der Waals surface area contributed by atoms with Crippen LogP contribution in [-0.2, 0) is 0 Å². The van der Waals surface area contributed by atoms with Gasteiger partial charge in [0, 0.05) is 0 Å². The molecule has 0 amide bonds. The molecule has 2 unspecified atom stereocenters. The van der Waals surface area contributed by atoms with E-state index in [4.69, 9.17) is 0 Å². The van der Waals surface area contributed by atoms with Gasteiger partial charge in [0.1, 0.15) is 0 Å². The van der Waals surface area contributed by atoms with Gasteiger partial charge in [-0.1, -0.05) is 64.2 Å². The van der Waals surface area contributed by atoms with Crippen molar-refractivity contribution in [3.63, 3.8) is 0 Å². The van der Waals surface area contributed by atoms with Gasteiger partial charge < -0.3 is 5.11 Å². The molecule has 1 heteroatoms. The van der Waals surface area contributed by atoms with Crippen molar-refractivity contribution in [1.82, 2.24) is 0 Å². The minimum atomic E-state index is -0.280. The smallest absolute Gasteiger partial charge is 0.0675 e. The lowest BCUT2D eigenvalue weighted by molar-refractivity contribution is -0.0605. The predicted molar refractivity (Wildman–Crippen MR) is 73.1 cm³/mol. The van der Waals surface area contributed by atoms with Gasteiger partial charge in [0.25, 0.3) is 0 Å². The van der Waals surface area contributed by atoms with Gasteiger partial charge in [-0.05, 0) is 31.6 Å². The first-order chi connectivity index (χ1) is 8.31. The molecule has 2 aliphatic carbocycles. The molecule has 100 valence electrons. The van der Waals surface area contributed by atoms with E-state index in [1.807, 2.05) is 0 Å². The molecule has 0 aromatic rings. The maximum atomic E-state index is 10.9. The van der Waals surface area contributed by atoms with Gasteiger partial charge in [-0.15, -0.1) is 0 Å². The molecular formula is C16H30O. The zero-order chi connectivity index (χ0) is 12.0. The van der Waals surface area contributed by atoms with Crippen LogP contribution in [0.25, 0.3) is 0 Å². The monoisotopic (exact) mass is 238 g/mol. The molecule has 2 rings (SSSR count). The molecule has 2 aliphatic rings. The summed E-state index contributed by atoms with van der Waals surface area (Å²) in [5.74, 6) is 0.621. The van der Waals surface area contributed by atoms with Crippen molar-refractivity contribution in [2.45, 2.75) is 95.5 Å². The van der Waals surface area contributed by atoms with Crippen molar-refractivity contribution in [2.75, 3.05) is 0 Å². The SMILES string of the molecule is OC12CCCCCCCCCCC1CCCC2. The molecule has 0 heterocycles. The van der Waals surface area contributed by atoms with E-state index in [0.29, 0.717) is 5.92 Å². The van der Waals surface area contributed by atoms with Crippen molar-refractivity contribution < 1.29 is 5.11 Å². The fraction of sp³-hybridized carbons (Fsp3) is 1.00. The van der Waals surface area contributed by atoms with E-state index < -0.39 is 0 Å². The molecule has 0 aromatic heterocycles. The number of rotatable bonds is 0. The van der Waals surface area contributed by atoms with Crippen LogP contribution in [0.3, 0.4) is 0 Å². The summed E-state index contributed by atoms with van der Waals surface area (Å²) in [6, 6.07) is 0. The third-order valence-electron chi connectivity index (χ3n) is 5.08. The first kappa shape index (κ1) is 13.4. The Balaban J connectivity index is 1.90. The van der Waals surface area contributed by atoms with E-state index in [2.05, 4.69) is 0 Å². The first-order valence-electron chi connectivity index (χ1n) is 8.04. The molecule has 0 saturated heterocycles. The Hall–Kier alpha value is -0.0400. The second kappa shape index (κ2) is 6.78. The lowest BCUT2D eigenvalue weighted by atomic mass is 9.70. The molecule has 0 spiro atoms. The van der Waals surface area contributed by atoms with Crippen LogP contribution in [0.5, 0.6) is 0 Å². The summed E-state index contributed by atoms with van der Waals surface area (Å²) >= 11 is 0. The van der Waals surface area contributed by atoms with Crippen molar-refractivity contribution in [2.24, 2.45) is 5.92 Å². The van der Waals surface area contributed by atoms with Gasteiger partial charge in [0.2, 0.25) is 0 Å². The summed E-state index contributed by atoms with van der Waals surface area (Å²) in [5, 5.41) is 10.9. The van der Waals surface area contributed by atoms with Crippen LogP contribution in [0.4, 0.5) is 0 Å². The topological polar surface area (TPSA) is 20.2 Å². The van der Waals surface area contributed by atoms with Crippen LogP contribution >= 0.6 is 0 Å². The third-order valence-corrected chi connectivity index (χ3v) is 5.08. The minimum Gasteiger partial charge on any atom is -0.390 e. The van der Waals surface area contributed by atoms with E-state index >= 15 is 0 Å². The van der Waals surface area contributed by atoms with Gasteiger partial charge in [-0.25, -0.2) is 0 Å². The summed E-state index contributed by atoms with van der Waals surface area (Å²) in [6.45, 7) is 0. The Morgan fingerprint density at radius 3 is 1.65 bits per heavy atom. The largest absolute Gasteiger partial charge is 0.390 e. The van der Waals surface area contributed by atoms with E-state index in [0.717, 1.165) is 12.8 Å². The molecule has 17 heavy (non-hydrogen) atoms. The maximum Gasteiger partial charge on any atom is 0.0675 e. The summed E-state index contributed by atoms with van der Waals surface area (Å²) in [6.07, 6.45) is 18.4. The Kier molecular flexibility index (Phi) is 5.34. The minimum absolute atomic E-state index is 0.280. The zero-order valence-electron chi connectivity index (χ0n) is 11.4. The molecule has 2 atom stereocenters. The van der Waals surface area contributed by atoms with E-state index in [9.17, 15) is 5.11 Å². The van der Waals surface area contributed by atoms with Gasteiger partial charge in [0.05, 0.1) is 5.60 Å². The second-order valence-electron chi connectivity index (χ2n) is 6.41. The van der Waals surface area contributed by atoms with Gasteiger partial charge >= 0.3 is 0 Å². The lowest BCUT2D eigenvalue weighted by Gasteiger charge is -2.40. The van der Waals surface area contributed by atoms with E-state index in [1.54, 1.807) is 0 Å². The van der Waals surface area contributed by atoms with E-state index in [-0.39, 0.29) is 5.60 Å². The second-order valence-corrected chi connectivity index (χ2v) is 6.41. The Labute approximate surface area is 107 Å². The fourth-order valence-electron chi connectivity index (χ4n) is 3.92. The average Bonchev–Trinajstić information content (AvgIpc) is 2.32. The zero-order valence-corrected chi connectivity index (χ0v) is 11.4. The molecule has 0 aliphatic heterocycles. The molecule has 0 bridgehead atoms. The van der Waals surface area contributed by atoms with Crippen LogP contribution in [0, 0.1) is 5.92 Å². The highest BCUT2D eigenvalue weighted by Crippen LogP contribution is 2.40. The number of fused-ring (bicyclic) bond motifs is 1. The van der Waals surface area contributed by atoms with Crippen molar-refractivity contribution in [1.29, 1.82) is 0 Å². The normalized spacial score (nSPS) is 37.6. The standard InChI is InChI=1S/C16H30O/c17-16-13-9-6-4-2-1-3-5-7-11-15(16)12-8-10-14-16/h15,17H,1-14H2. The highest BCUT2D eigenvalue weighted by Gasteiger charge is 2.37. The highest BCUT2D eigenvalue weighted by atomic mass is 16.3. The Morgan fingerprint density at radius 1 is 0.588 bits per heavy atom. The van der Waals surface area contributed by atoms with Crippen LogP contribution in [0.1, 0.15) is 89.9 Å². The maximum absolute atomic E-state index is 10.9. The summed E-state index contributed by atoms with van der Waals surface area (Å²) < 4.78 is 0. The van der Waals surface area contributed by atoms with Crippen LogP contribution in [0.15, 0.2) is 0 Å². The molecular weight excluding hydrogens is 208 g/mol. The van der Waals surface area contributed by atoms with Crippen LogP contribution in [-0.4, -0.2) is 10.7 Å². The lowest BCUT2D eigenvalue weighted by Crippen LogP contribution is -2.40. The van der Waals surface area contributed by atoms with Crippen molar-refractivity contribution >= 4 is 0 Å². The van der Waals surface area contributed by atoms with Gasteiger partial charge in [-0.3, -0.25) is 0 Å². The number of aliphatic hydroxyl groups is 1. The molecule has 2 fully saturated rings. The summed E-state index contributed by atoms with van der Waals surface area (Å²) in [5.41, 5.74) is -0.280. The average molecular weight is 238 g/mol. The highest BCUT2D eigenvalue weighted by molar-refractivity contribution is 4.89. The number of hydrogen-bond donors (Lipinski definition) is 1. The summed E-state index contributed by atoms with van der Waals surface area (Å²) in [7, 11) is 0.